The molecule has 2 N–H and O–H groups in total. The van der Waals surface area contributed by atoms with E-state index in [4.69, 9.17) is 0 Å². The van der Waals surface area contributed by atoms with Crippen LogP contribution in [-0.4, -0.2) is 18.3 Å². The minimum absolute atomic E-state index is 0.0321. The summed E-state index contributed by atoms with van der Waals surface area (Å²) in [6.07, 6.45) is 0.502. The summed E-state index contributed by atoms with van der Waals surface area (Å²) >= 11 is 3.28. The lowest BCUT2D eigenvalue weighted by Crippen LogP contribution is -2.20. The number of halogens is 2. The van der Waals surface area contributed by atoms with Gasteiger partial charge < -0.3 is 10.4 Å². The lowest BCUT2D eigenvalue weighted by Gasteiger charge is -2.15. The third kappa shape index (κ3) is 3.80. The SMILES string of the molecule is CC(NCCCF)c1ccc(Br)cc1O. The van der Waals surface area contributed by atoms with E-state index in [9.17, 15) is 9.50 Å². The van der Waals surface area contributed by atoms with E-state index in [2.05, 4.69) is 21.2 Å². The van der Waals surface area contributed by atoms with Gasteiger partial charge in [0.2, 0.25) is 0 Å². The van der Waals surface area contributed by atoms with E-state index in [1.54, 1.807) is 6.07 Å². The zero-order chi connectivity index (χ0) is 11.3. The summed E-state index contributed by atoms with van der Waals surface area (Å²) in [5.41, 5.74) is 0.831. The molecule has 0 saturated carbocycles. The van der Waals surface area contributed by atoms with E-state index in [0.29, 0.717) is 13.0 Å². The number of nitrogens with one attached hydrogen (secondary N) is 1. The van der Waals surface area contributed by atoms with Gasteiger partial charge >= 0.3 is 0 Å². The Hall–Kier alpha value is -0.610. The number of benzene rings is 1. The highest BCUT2D eigenvalue weighted by Crippen LogP contribution is 2.27. The van der Waals surface area contributed by atoms with E-state index in [0.717, 1.165) is 10.0 Å². The van der Waals surface area contributed by atoms with Gasteiger partial charge in [0, 0.05) is 16.1 Å². The molecule has 0 spiro atoms. The van der Waals surface area contributed by atoms with Gasteiger partial charge in [0.1, 0.15) is 5.75 Å². The second kappa shape index (κ2) is 6.08. The third-order valence-corrected chi connectivity index (χ3v) is 2.71. The van der Waals surface area contributed by atoms with Crippen molar-refractivity contribution in [2.24, 2.45) is 0 Å². The highest BCUT2D eigenvalue weighted by Gasteiger charge is 2.09. The van der Waals surface area contributed by atoms with Crippen LogP contribution in [0.3, 0.4) is 0 Å². The second-order valence-corrected chi connectivity index (χ2v) is 4.34. The van der Waals surface area contributed by atoms with E-state index in [1.807, 2.05) is 19.1 Å². The molecule has 0 aliphatic carbocycles. The molecule has 0 fully saturated rings. The van der Waals surface area contributed by atoms with Crippen molar-refractivity contribution in [3.8, 4) is 5.75 Å². The molecular weight excluding hydrogens is 261 g/mol. The number of phenols is 1. The first-order valence-corrected chi connectivity index (χ1v) is 5.72. The maximum atomic E-state index is 11.9. The Morgan fingerprint density at radius 1 is 1.53 bits per heavy atom. The summed E-state index contributed by atoms with van der Waals surface area (Å²) in [5.74, 6) is 0.254. The van der Waals surface area contributed by atoms with E-state index >= 15 is 0 Å². The highest BCUT2D eigenvalue weighted by molar-refractivity contribution is 9.10. The Labute approximate surface area is 97.6 Å². The fraction of sp³-hybridized carbons (Fsp3) is 0.455. The van der Waals surface area contributed by atoms with Crippen LogP contribution >= 0.6 is 15.9 Å². The van der Waals surface area contributed by atoms with Crippen molar-refractivity contribution in [1.82, 2.24) is 5.32 Å². The average Bonchev–Trinajstić information content (AvgIpc) is 2.17. The number of phenolic OH excluding ortho intramolecular Hbond substituents is 1. The van der Waals surface area contributed by atoms with Crippen LogP contribution in [0.4, 0.5) is 4.39 Å². The van der Waals surface area contributed by atoms with Crippen molar-refractivity contribution in [2.45, 2.75) is 19.4 Å². The van der Waals surface area contributed by atoms with Crippen molar-refractivity contribution >= 4 is 15.9 Å². The molecule has 0 saturated heterocycles. The summed E-state index contributed by atoms with van der Waals surface area (Å²) in [4.78, 5) is 0. The van der Waals surface area contributed by atoms with Gasteiger partial charge in [0.25, 0.3) is 0 Å². The van der Waals surface area contributed by atoms with E-state index < -0.39 is 0 Å². The predicted octanol–water partition coefficient (Wildman–Crippen LogP) is 3.16. The standard InChI is InChI=1S/C11H15BrFNO/c1-8(14-6-2-5-13)10-4-3-9(12)7-11(10)15/h3-4,7-8,14-15H,2,5-6H2,1H3. The molecule has 1 aromatic rings. The Balaban J connectivity index is 2.61. The van der Waals surface area contributed by atoms with E-state index in [-0.39, 0.29) is 18.5 Å². The molecule has 84 valence electrons. The fourth-order valence-corrected chi connectivity index (χ4v) is 1.73. The van der Waals surface area contributed by atoms with Gasteiger partial charge in [0.05, 0.1) is 6.67 Å². The summed E-state index contributed by atoms with van der Waals surface area (Å²) in [7, 11) is 0. The van der Waals surface area contributed by atoms with Crippen LogP contribution in [-0.2, 0) is 0 Å². The van der Waals surface area contributed by atoms with Crippen LogP contribution in [0.15, 0.2) is 22.7 Å². The average molecular weight is 276 g/mol. The molecule has 1 unspecified atom stereocenters. The first-order chi connectivity index (χ1) is 7.15. The quantitative estimate of drug-likeness (QED) is 0.810. The zero-order valence-corrected chi connectivity index (χ0v) is 10.2. The minimum Gasteiger partial charge on any atom is -0.508 e. The molecule has 4 heteroatoms. The van der Waals surface area contributed by atoms with Gasteiger partial charge in [-0.1, -0.05) is 22.0 Å². The Morgan fingerprint density at radius 2 is 2.27 bits per heavy atom. The molecule has 0 bridgehead atoms. The Bertz CT molecular complexity index is 319. The highest BCUT2D eigenvalue weighted by atomic mass is 79.9. The largest absolute Gasteiger partial charge is 0.508 e. The van der Waals surface area contributed by atoms with Gasteiger partial charge in [0.15, 0.2) is 0 Å². The van der Waals surface area contributed by atoms with Gasteiger partial charge in [-0.15, -0.1) is 0 Å². The summed E-state index contributed by atoms with van der Waals surface area (Å²) in [6, 6.07) is 5.42. The van der Waals surface area contributed by atoms with Crippen molar-refractivity contribution in [3.05, 3.63) is 28.2 Å². The molecule has 1 rings (SSSR count). The molecule has 0 aliphatic heterocycles. The van der Waals surface area contributed by atoms with Crippen molar-refractivity contribution in [1.29, 1.82) is 0 Å². The maximum Gasteiger partial charge on any atom is 0.121 e. The Kier molecular flexibility index (Phi) is 5.05. The molecular formula is C11H15BrFNO. The first-order valence-electron chi connectivity index (χ1n) is 4.93. The fourth-order valence-electron chi connectivity index (χ4n) is 1.38. The molecule has 2 nitrogen and oxygen atoms in total. The molecule has 0 radical (unpaired) electrons. The number of alkyl halides is 1. The minimum atomic E-state index is -0.313. The zero-order valence-electron chi connectivity index (χ0n) is 8.63. The van der Waals surface area contributed by atoms with Gasteiger partial charge in [-0.25, -0.2) is 0 Å². The summed E-state index contributed by atoms with van der Waals surface area (Å²) in [5, 5.41) is 12.8. The number of rotatable bonds is 5. The van der Waals surface area contributed by atoms with Crippen LogP contribution in [0, 0.1) is 0 Å². The molecule has 0 aliphatic rings. The van der Waals surface area contributed by atoms with Gasteiger partial charge in [-0.3, -0.25) is 4.39 Å². The molecule has 1 atom stereocenters. The normalized spacial score (nSPS) is 12.7. The van der Waals surface area contributed by atoms with Crippen LogP contribution < -0.4 is 5.32 Å². The van der Waals surface area contributed by atoms with E-state index in [1.165, 1.54) is 0 Å². The Morgan fingerprint density at radius 3 is 2.87 bits per heavy atom. The van der Waals surface area contributed by atoms with Crippen LogP contribution in [0.5, 0.6) is 5.75 Å². The second-order valence-electron chi connectivity index (χ2n) is 3.42. The van der Waals surface area contributed by atoms with Crippen LogP contribution in [0.1, 0.15) is 24.9 Å². The number of hydrogen-bond acceptors (Lipinski definition) is 2. The van der Waals surface area contributed by atoms with Crippen molar-refractivity contribution in [2.75, 3.05) is 13.2 Å². The van der Waals surface area contributed by atoms with Crippen molar-refractivity contribution in [3.63, 3.8) is 0 Å². The lowest BCUT2D eigenvalue weighted by atomic mass is 10.1. The molecule has 0 heterocycles. The number of hydrogen-bond donors (Lipinski definition) is 2. The maximum absolute atomic E-state index is 11.9. The smallest absolute Gasteiger partial charge is 0.121 e. The first kappa shape index (κ1) is 12.5. The summed E-state index contributed by atoms with van der Waals surface area (Å²) < 4.78 is 12.7. The van der Waals surface area contributed by atoms with Gasteiger partial charge in [-0.05, 0) is 32.0 Å². The molecule has 1 aromatic carbocycles. The van der Waals surface area contributed by atoms with Crippen LogP contribution in [0.2, 0.25) is 0 Å². The van der Waals surface area contributed by atoms with Gasteiger partial charge in [-0.2, -0.15) is 0 Å². The molecule has 15 heavy (non-hydrogen) atoms. The lowest BCUT2D eigenvalue weighted by molar-refractivity contribution is 0.431. The molecule has 0 amide bonds. The topological polar surface area (TPSA) is 32.3 Å². The molecule has 0 aromatic heterocycles. The monoisotopic (exact) mass is 275 g/mol. The third-order valence-electron chi connectivity index (χ3n) is 2.22. The van der Waals surface area contributed by atoms with Crippen LogP contribution in [0.25, 0.3) is 0 Å². The number of aromatic hydroxyl groups is 1. The summed E-state index contributed by atoms with van der Waals surface area (Å²) in [6.45, 7) is 2.25. The predicted molar refractivity (Wildman–Crippen MR) is 62.8 cm³/mol. The van der Waals surface area contributed by atoms with Crippen molar-refractivity contribution < 1.29 is 9.50 Å².